The largest absolute Gasteiger partial charge is 0.510 e. The van der Waals surface area contributed by atoms with Gasteiger partial charge in [0.25, 0.3) is 0 Å². The Bertz CT molecular complexity index is 534. The highest BCUT2D eigenvalue weighted by molar-refractivity contribution is 5.92. The molecule has 0 fully saturated rings. The van der Waals surface area contributed by atoms with Crippen molar-refractivity contribution in [3.05, 3.63) is 41.3 Å². The molecule has 0 aliphatic carbocycles. The van der Waals surface area contributed by atoms with Gasteiger partial charge in [-0.15, -0.1) is 0 Å². The zero-order valence-corrected chi connectivity index (χ0v) is 8.74. The lowest BCUT2D eigenvalue weighted by atomic mass is 10.1. The molecule has 2 rings (SSSR count). The Hall–Kier alpha value is -1.90. The van der Waals surface area contributed by atoms with Gasteiger partial charge in [0.15, 0.2) is 0 Å². The zero-order valence-electron chi connectivity index (χ0n) is 8.74. The van der Waals surface area contributed by atoms with E-state index in [1.54, 1.807) is 6.92 Å². The lowest BCUT2D eigenvalue weighted by Crippen LogP contribution is -2.00. The standard InChI is InChI=1S/C12H13NO2/c1-7(14)12(13)11-8(2)15-10-6-4-3-5-9(10)11/h3-6,14H,13H2,1-2H3/b12-7-. The van der Waals surface area contributed by atoms with Gasteiger partial charge in [0, 0.05) is 10.9 Å². The number of rotatable bonds is 1. The Labute approximate surface area is 87.8 Å². The van der Waals surface area contributed by atoms with Crippen molar-refractivity contribution < 1.29 is 9.52 Å². The van der Waals surface area contributed by atoms with E-state index in [1.807, 2.05) is 31.2 Å². The summed E-state index contributed by atoms with van der Waals surface area (Å²) >= 11 is 0. The molecule has 0 bridgehead atoms. The van der Waals surface area contributed by atoms with Gasteiger partial charge in [0.2, 0.25) is 0 Å². The predicted octanol–water partition coefficient (Wildman–Crippen LogP) is 2.95. The Kier molecular flexibility index (Phi) is 2.15. The third-order valence-corrected chi connectivity index (χ3v) is 2.43. The Morgan fingerprint density at radius 3 is 2.67 bits per heavy atom. The summed E-state index contributed by atoms with van der Waals surface area (Å²) in [7, 11) is 0. The molecular formula is C12H13NO2. The molecule has 1 aromatic carbocycles. The second-order valence-electron chi connectivity index (χ2n) is 3.53. The molecule has 0 aliphatic heterocycles. The van der Waals surface area contributed by atoms with Crippen LogP contribution in [0, 0.1) is 6.92 Å². The maximum atomic E-state index is 9.39. The highest BCUT2D eigenvalue weighted by atomic mass is 16.3. The van der Waals surface area contributed by atoms with E-state index in [0.717, 1.165) is 22.3 Å². The van der Waals surface area contributed by atoms with Crippen molar-refractivity contribution >= 4 is 16.7 Å². The normalized spacial score (nSPS) is 12.9. The Morgan fingerprint density at radius 2 is 2.00 bits per heavy atom. The maximum Gasteiger partial charge on any atom is 0.134 e. The molecule has 0 aliphatic rings. The first-order chi connectivity index (χ1) is 7.11. The van der Waals surface area contributed by atoms with Crippen LogP contribution in [0.2, 0.25) is 0 Å². The summed E-state index contributed by atoms with van der Waals surface area (Å²) in [5, 5.41) is 10.3. The van der Waals surface area contributed by atoms with Crippen LogP contribution in [0.25, 0.3) is 16.7 Å². The van der Waals surface area contributed by atoms with Crippen LogP contribution in [-0.4, -0.2) is 5.11 Å². The quantitative estimate of drug-likeness (QED) is 0.700. The molecule has 0 amide bonds. The molecule has 78 valence electrons. The average Bonchev–Trinajstić information content (AvgIpc) is 2.52. The van der Waals surface area contributed by atoms with Crippen molar-refractivity contribution in [2.75, 3.05) is 0 Å². The summed E-state index contributed by atoms with van der Waals surface area (Å²) in [4.78, 5) is 0. The number of fused-ring (bicyclic) bond motifs is 1. The van der Waals surface area contributed by atoms with Gasteiger partial charge in [-0.2, -0.15) is 0 Å². The number of hydrogen-bond donors (Lipinski definition) is 2. The molecule has 0 saturated carbocycles. The van der Waals surface area contributed by atoms with E-state index in [-0.39, 0.29) is 5.76 Å². The van der Waals surface area contributed by atoms with Crippen LogP contribution in [0.1, 0.15) is 18.2 Å². The number of furan rings is 1. The summed E-state index contributed by atoms with van der Waals surface area (Å²) in [6.07, 6.45) is 0. The van der Waals surface area contributed by atoms with Crippen LogP contribution in [-0.2, 0) is 0 Å². The van der Waals surface area contributed by atoms with Gasteiger partial charge in [-0.05, 0) is 19.9 Å². The summed E-state index contributed by atoms with van der Waals surface area (Å²) in [5.41, 5.74) is 7.76. The van der Waals surface area contributed by atoms with Gasteiger partial charge in [0.05, 0.1) is 5.70 Å². The lowest BCUT2D eigenvalue weighted by Gasteiger charge is -2.01. The smallest absolute Gasteiger partial charge is 0.134 e. The average molecular weight is 203 g/mol. The van der Waals surface area contributed by atoms with E-state index in [2.05, 4.69) is 0 Å². The van der Waals surface area contributed by atoms with Gasteiger partial charge in [-0.1, -0.05) is 18.2 Å². The molecule has 0 unspecified atom stereocenters. The Balaban J connectivity index is 2.81. The lowest BCUT2D eigenvalue weighted by molar-refractivity contribution is 0.416. The van der Waals surface area contributed by atoms with Crippen LogP contribution in [0.4, 0.5) is 0 Å². The molecule has 3 heteroatoms. The van der Waals surface area contributed by atoms with Gasteiger partial charge < -0.3 is 15.3 Å². The SMILES string of the molecule is C/C(O)=C(/N)c1c(C)oc2ccccc12. The molecule has 15 heavy (non-hydrogen) atoms. The number of allylic oxidation sites excluding steroid dienone is 1. The second kappa shape index (κ2) is 3.35. The zero-order chi connectivity index (χ0) is 11.0. The van der Waals surface area contributed by atoms with Gasteiger partial charge in [-0.25, -0.2) is 0 Å². The van der Waals surface area contributed by atoms with Crippen LogP contribution in [0.15, 0.2) is 34.4 Å². The molecule has 0 radical (unpaired) electrons. The van der Waals surface area contributed by atoms with E-state index >= 15 is 0 Å². The van der Waals surface area contributed by atoms with Gasteiger partial charge in [0.1, 0.15) is 17.1 Å². The molecule has 2 aromatic rings. The molecule has 1 aromatic heterocycles. The molecule has 3 nitrogen and oxygen atoms in total. The molecule has 3 N–H and O–H groups in total. The maximum absolute atomic E-state index is 9.39. The number of para-hydroxylation sites is 1. The topological polar surface area (TPSA) is 59.4 Å². The summed E-state index contributed by atoms with van der Waals surface area (Å²) in [6, 6.07) is 7.63. The summed E-state index contributed by atoms with van der Waals surface area (Å²) < 4.78 is 5.55. The molecule has 0 atom stereocenters. The summed E-state index contributed by atoms with van der Waals surface area (Å²) in [5.74, 6) is 0.840. The fraction of sp³-hybridized carbons (Fsp3) is 0.167. The second-order valence-corrected chi connectivity index (χ2v) is 3.53. The third kappa shape index (κ3) is 1.46. The fourth-order valence-corrected chi connectivity index (χ4v) is 1.68. The van der Waals surface area contributed by atoms with Gasteiger partial charge >= 0.3 is 0 Å². The minimum Gasteiger partial charge on any atom is -0.510 e. The highest BCUT2D eigenvalue weighted by Gasteiger charge is 2.13. The fourth-order valence-electron chi connectivity index (χ4n) is 1.68. The van der Waals surface area contributed by atoms with Crippen molar-refractivity contribution in [2.24, 2.45) is 5.73 Å². The van der Waals surface area contributed by atoms with Crippen molar-refractivity contribution in [2.45, 2.75) is 13.8 Å². The van der Waals surface area contributed by atoms with Crippen LogP contribution >= 0.6 is 0 Å². The number of nitrogens with two attached hydrogens (primary N) is 1. The van der Waals surface area contributed by atoms with Gasteiger partial charge in [-0.3, -0.25) is 0 Å². The minimum atomic E-state index is 0.115. The van der Waals surface area contributed by atoms with Crippen molar-refractivity contribution in [3.63, 3.8) is 0 Å². The van der Waals surface area contributed by atoms with Crippen LogP contribution < -0.4 is 5.73 Å². The number of aryl methyl sites for hydroxylation is 1. The minimum absolute atomic E-state index is 0.115. The number of benzene rings is 1. The number of hydrogen-bond acceptors (Lipinski definition) is 3. The number of aliphatic hydroxyl groups is 1. The van der Waals surface area contributed by atoms with Crippen molar-refractivity contribution in [1.29, 1.82) is 0 Å². The third-order valence-electron chi connectivity index (χ3n) is 2.43. The predicted molar refractivity (Wildman–Crippen MR) is 60.4 cm³/mol. The van der Waals surface area contributed by atoms with Crippen LogP contribution in [0.3, 0.4) is 0 Å². The first kappa shape index (κ1) is 9.65. The van der Waals surface area contributed by atoms with E-state index in [0.29, 0.717) is 5.70 Å². The van der Waals surface area contributed by atoms with E-state index < -0.39 is 0 Å². The number of aliphatic hydroxyl groups excluding tert-OH is 1. The highest BCUT2D eigenvalue weighted by Crippen LogP contribution is 2.29. The first-order valence-electron chi connectivity index (χ1n) is 4.75. The van der Waals surface area contributed by atoms with Crippen LogP contribution in [0.5, 0.6) is 0 Å². The van der Waals surface area contributed by atoms with E-state index in [1.165, 1.54) is 0 Å². The van der Waals surface area contributed by atoms with E-state index in [9.17, 15) is 5.11 Å². The molecule has 1 heterocycles. The molecule has 0 spiro atoms. The molecular weight excluding hydrogens is 190 g/mol. The van der Waals surface area contributed by atoms with E-state index in [4.69, 9.17) is 10.2 Å². The summed E-state index contributed by atoms with van der Waals surface area (Å²) in [6.45, 7) is 3.40. The van der Waals surface area contributed by atoms with Crippen molar-refractivity contribution in [3.8, 4) is 0 Å². The van der Waals surface area contributed by atoms with Crippen molar-refractivity contribution in [1.82, 2.24) is 0 Å². The molecule has 0 saturated heterocycles. The first-order valence-corrected chi connectivity index (χ1v) is 4.75. The monoisotopic (exact) mass is 203 g/mol. The Morgan fingerprint density at radius 1 is 1.33 bits per heavy atom.